The molecular weight excluding hydrogens is 298 g/mol. The van der Waals surface area contributed by atoms with E-state index in [1.54, 1.807) is 12.4 Å². The number of carbonyl (C=O) groups excluding carboxylic acids is 1. The van der Waals surface area contributed by atoms with Gasteiger partial charge in [-0.15, -0.1) is 0 Å². The molecule has 1 aromatic carbocycles. The Kier molecular flexibility index (Phi) is 6.67. The summed E-state index contributed by atoms with van der Waals surface area (Å²) < 4.78 is 0. The molecule has 0 radical (unpaired) electrons. The van der Waals surface area contributed by atoms with Gasteiger partial charge in [0.25, 0.3) is 5.91 Å². The summed E-state index contributed by atoms with van der Waals surface area (Å²) in [7, 11) is 0. The molecule has 0 aliphatic carbocycles. The van der Waals surface area contributed by atoms with Gasteiger partial charge >= 0.3 is 0 Å². The Morgan fingerprint density at radius 1 is 1.17 bits per heavy atom. The molecule has 0 fully saturated rings. The Morgan fingerprint density at radius 2 is 1.83 bits per heavy atom. The van der Waals surface area contributed by atoms with Crippen LogP contribution in [0.25, 0.3) is 6.08 Å². The zero-order chi connectivity index (χ0) is 17.4. The van der Waals surface area contributed by atoms with E-state index in [0.29, 0.717) is 24.6 Å². The number of hydrogen-bond acceptors (Lipinski definition) is 3. The van der Waals surface area contributed by atoms with Gasteiger partial charge in [0.05, 0.1) is 5.56 Å². The molecule has 0 aliphatic rings. The molecule has 2 rings (SSSR count). The van der Waals surface area contributed by atoms with Crippen LogP contribution in [0.15, 0.2) is 48.8 Å². The van der Waals surface area contributed by atoms with Crippen molar-refractivity contribution in [3.05, 3.63) is 65.8 Å². The van der Waals surface area contributed by atoms with Crippen LogP contribution < -0.4 is 0 Å². The number of hydrogen-bond donors (Lipinski definition) is 0. The van der Waals surface area contributed by atoms with E-state index in [2.05, 4.69) is 23.8 Å². The Labute approximate surface area is 144 Å². The number of rotatable bonds is 7. The Balaban J connectivity index is 2.08. The lowest BCUT2D eigenvalue weighted by Crippen LogP contribution is -2.34. The number of aromatic nitrogens is 2. The van der Waals surface area contributed by atoms with Crippen molar-refractivity contribution in [2.75, 3.05) is 13.1 Å². The number of carbonyl (C=O) groups is 1. The van der Waals surface area contributed by atoms with Crippen LogP contribution in [-0.4, -0.2) is 33.9 Å². The van der Waals surface area contributed by atoms with Crippen molar-refractivity contribution >= 4 is 12.0 Å². The summed E-state index contributed by atoms with van der Waals surface area (Å²) in [6, 6.07) is 10.1. The summed E-state index contributed by atoms with van der Waals surface area (Å²) in [5, 5.41) is 0. The van der Waals surface area contributed by atoms with Crippen molar-refractivity contribution in [3.63, 3.8) is 0 Å². The second-order valence-electron chi connectivity index (χ2n) is 6.16. The third-order valence-electron chi connectivity index (χ3n) is 3.58. The predicted octanol–water partition coefficient (Wildman–Crippen LogP) is 3.85. The van der Waals surface area contributed by atoms with Crippen molar-refractivity contribution in [3.8, 4) is 0 Å². The van der Waals surface area contributed by atoms with Crippen LogP contribution in [0.1, 0.15) is 42.5 Å². The molecule has 0 saturated heterocycles. The van der Waals surface area contributed by atoms with Crippen LogP contribution in [0.2, 0.25) is 0 Å². The van der Waals surface area contributed by atoms with Gasteiger partial charge in [-0.1, -0.05) is 63.3 Å². The highest BCUT2D eigenvalue weighted by Gasteiger charge is 2.16. The lowest BCUT2D eigenvalue weighted by atomic mass is 10.1. The average molecular weight is 323 g/mol. The molecule has 0 N–H and O–H groups in total. The van der Waals surface area contributed by atoms with Gasteiger partial charge in [-0.3, -0.25) is 4.79 Å². The molecule has 1 heterocycles. The normalized spacial score (nSPS) is 11.2. The molecule has 0 aliphatic heterocycles. The summed E-state index contributed by atoms with van der Waals surface area (Å²) in [5.74, 6) is 1.13. The number of amides is 1. The van der Waals surface area contributed by atoms with Crippen molar-refractivity contribution in [2.24, 2.45) is 5.92 Å². The second kappa shape index (κ2) is 8.96. The Morgan fingerprint density at radius 3 is 2.42 bits per heavy atom. The van der Waals surface area contributed by atoms with Crippen LogP contribution in [0.3, 0.4) is 0 Å². The highest BCUT2D eigenvalue weighted by Crippen LogP contribution is 2.08. The molecule has 2 aromatic rings. The van der Waals surface area contributed by atoms with Crippen molar-refractivity contribution in [2.45, 2.75) is 27.2 Å². The minimum Gasteiger partial charge on any atom is -0.335 e. The smallest absolute Gasteiger partial charge is 0.257 e. The lowest BCUT2D eigenvalue weighted by Gasteiger charge is -2.23. The average Bonchev–Trinajstić information content (AvgIpc) is 2.61. The van der Waals surface area contributed by atoms with Crippen LogP contribution in [0.4, 0.5) is 0 Å². The maximum absolute atomic E-state index is 12.7. The topological polar surface area (TPSA) is 46.1 Å². The zero-order valence-electron chi connectivity index (χ0n) is 14.6. The third kappa shape index (κ3) is 5.30. The van der Waals surface area contributed by atoms with Gasteiger partial charge in [-0.25, -0.2) is 9.97 Å². The van der Waals surface area contributed by atoms with E-state index in [1.165, 1.54) is 0 Å². The number of nitrogens with zero attached hydrogens (tertiary/aromatic N) is 3. The highest BCUT2D eigenvalue weighted by atomic mass is 16.2. The molecular formula is C20H25N3O. The van der Waals surface area contributed by atoms with E-state index in [9.17, 15) is 4.79 Å². The van der Waals surface area contributed by atoms with Gasteiger partial charge in [0.2, 0.25) is 0 Å². The Bertz CT molecular complexity index is 663. The second-order valence-corrected chi connectivity index (χ2v) is 6.16. The first-order valence-corrected chi connectivity index (χ1v) is 8.42. The summed E-state index contributed by atoms with van der Waals surface area (Å²) >= 11 is 0. The van der Waals surface area contributed by atoms with E-state index in [1.807, 2.05) is 54.3 Å². The first-order chi connectivity index (χ1) is 11.6. The summed E-state index contributed by atoms with van der Waals surface area (Å²) in [4.78, 5) is 23.0. The summed E-state index contributed by atoms with van der Waals surface area (Å²) in [6.07, 6.45) is 8.09. The molecule has 4 nitrogen and oxygen atoms in total. The molecule has 24 heavy (non-hydrogen) atoms. The van der Waals surface area contributed by atoms with Crippen LogP contribution in [0, 0.1) is 5.92 Å². The minimum atomic E-state index is -0.0240. The van der Waals surface area contributed by atoms with Crippen molar-refractivity contribution in [1.82, 2.24) is 14.9 Å². The fourth-order valence-corrected chi connectivity index (χ4v) is 2.39. The van der Waals surface area contributed by atoms with Gasteiger partial charge < -0.3 is 4.90 Å². The molecule has 1 amide bonds. The van der Waals surface area contributed by atoms with E-state index in [4.69, 9.17) is 0 Å². The van der Waals surface area contributed by atoms with Crippen molar-refractivity contribution < 1.29 is 4.79 Å². The largest absolute Gasteiger partial charge is 0.335 e. The predicted molar refractivity (Wildman–Crippen MR) is 97.6 cm³/mol. The molecule has 126 valence electrons. The van der Waals surface area contributed by atoms with Gasteiger partial charge in [0.15, 0.2) is 0 Å². The molecule has 0 unspecified atom stereocenters. The fourth-order valence-electron chi connectivity index (χ4n) is 2.39. The van der Waals surface area contributed by atoms with Gasteiger partial charge in [0, 0.05) is 31.9 Å². The lowest BCUT2D eigenvalue weighted by molar-refractivity contribution is 0.0755. The van der Waals surface area contributed by atoms with Gasteiger partial charge in [0.1, 0.15) is 5.82 Å². The van der Waals surface area contributed by atoms with E-state index in [-0.39, 0.29) is 5.91 Å². The summed E-state index contributed by atoms with van der Waals surface area (Å²) in [5.41, 5.74) is 1.67. The highest BCUT2D eigenvalue weighted by molar-refractivity contribution is 5.93. The number of aryl methyl sites for hydroxylation is 1. The molecule has 4 heteroatoms. The standard InChI is InChI=1S/C20H25N3O/c1-4-19-21-13-18(14-22-19)20(24)23(15-16(2)3)12-8-11-17-9-6-5-7-10-17/h5-11,13-14,16H,4,12,15H2,1-3H3. The maximum Gasteiger partial charge on any atom is 0.257 e. The first-order valence-electron chi connectivity index (χ1n) is 8.42. The van der Waals surface area contributed by atoms with E-state index in [0.717, 1.165) is 17.8 Å². The SMILES string of the molecule is CCc1ncc(C(=O)N(CC=Cc2ccccc2)CC(C)C)cn1. The molecule has 0 spiro atoms. The minimum absolute atomic E-state index is 0.0240. The van der Waals surface area contributed by atoms with Crippen LogP contribution in [0.5, 0.6) is 0 Å². The number of benzene rings is 1. The monoisotopic (exact) mass is 323 g/mol. The van der Waals surface area contributed by atoms with E-state index >= 15 is 0 Å². The fraction of sp³-hybridized carbons (Fsp3) is 0.350. The van der Waals surface area contributed by atoms with Crippen molar-refractivity contribution in [1.29, 1.82) is 0 Å². The van der Waals surface area contributed by atoms with Crippen LogP contribution >= 0.6 is 0 Å². The molecule has 0 bridgehead atoms. The van der Waals surface area contributed by atoms with Gasteiger partial charge in [-0.2, -0.15) is 0 Å². The quantitative estimate of drug-likeness (QED) is 0.777. The molecule has 0 atom stereocenters. The maximum atomic E-state index is 12.7. The zero-order valence-corrected chi connectivity index (χ0v) is 14.6. The van der Waals surface area contributed by atoms with E-state index < -0.39 is 0 Å². The molecule has 1 aromatic heterocycles. The van der Waals surface area contributed by atoms with Crippen LogP contribution in [-0.2, 0) is 6.42 Å². The Hall–Kier alpha value is -2.49. The molecule has 0 saturated carbocycles. The van der Waals surface area contributed by atoms with Gasteiger partial charge in [-0.05, 0) is 11.5 Å². The first kappa shape index (κ1) is 17.9. The third-order valence-corrected chi connectivity index (χ3v) is 3.58. The summed E-state index contributed by atoms with van der Waals surface area (Å²) in [6.45, 7) is 7.49.